The number of aromatic nitrogens is 1. The summed E-state index contributed by atoms with van der Waals surface area (Å²) >= 11 is 0. The van der Waals surface area contributed by atoms with Gasteiger partial charge in [-0.05, 0) is 46.8 Å². The van der Waals surface area contributed by atoms with Crippen molar-refractivity contribution in [2.75, 3.05) is 39.7 Å². The number of hydrogen-bond donors (Lipinski definition) is 1. The number of furan rings is 1. The Hall–Kier alpha value is -2.82. The zero-order chi connectivity index (χ0) is 26.0. The number of ether oxygens (including phenoxy) is 1. The summed E-state index contributed by atoms with van der Waals surface area (Å²) in [5.41, 5.74) is -3.17. The number of hydrogen-bond acceptors (Lipinski definition) is 6. The van der Waals surface area contributed by atoms with E-state index >= 15 is 0 Å². The molecule has 11 heteroatoms. The molecule has 1 atom stereocenters. The largest absolute Gasteiger partial charge is 0.459 e. The number of pyridine rings is 1. The van der Waals surface area contributed by atoms with Gasteiger partial charge in [0.05, 0.1) is 5.54 Å². The van der Waals surface area contributed by atoms with E-state index in [0.29, 0.717) is 17.9 Å². The average molecular weight is 499 g/mol. The van der Waals surface area contributed by atoms with Crippen molar-refractivity contribution in [2.24, 2.45) is 0 Å². The first kappa shape index (κ1) is 26.8. The highest BCUT2D eigenvalue weighted by Crippen LogP contribution is 2.34. The zero-order valence-corrected chi connectivity index (χ0v) is 20.7. The first-order valence-corrected chi connectivity index (χ1v) is 11.4. The molecule has 1 N–H and O–H groups in total. The minimum Gasteiger partial charge on any atom is -0.459 e. The van der Waals surface area contributed by atoms with Gasteiger partial charge in [-0.1, -0.05) is 0 Å². The Morgan fingerprint density at radius 3 is 2.37 bits per heavy atom. The molecule has 3 rings (SSSR count). The summed E-state index contributed by atoms with van der Waals surface area (Å²) in [5.74, 6) is -0.242. The molecule has 2 aromatic heterocycles. The van der Waals surface area contributed by atoms with Crippen molar-refractivity contribution in [3.05, 3.63) is 30.3 Å². The molecule has 8 nitrogen and oxygen atoms in total. The SMILES string of the molecule is CC(C)(C)OC(=O)N1CCN(C(C)(C)c2cc3cnccc3o2)C[C@H]1C(=O)NC(CF)(CF)CF. The lowest BCUT2D eigenvalue weighted by atomic mass is 9.95. The molecular formula is C24H33F3N4O4. The first-order valence-electron chi connectivity index (χ1n) is 11.4. The van der Waals surface area contributed by atoms with Crippen LogP contribution >= 0.6 is 0 Å². The maximum absolute atomic E-state index is 13.5. The van der Waals surface area contributed by atoms with Crippen LogP contribution in [-0.4, -0.2) is 83.6 Å². The van der Waals surface area contributed by atoms with Crippen molar-refractivity contribution in [1.82, 2.24) is 20.1 Å². The van der Waals surface area contributed by atoms with Crippen LogP contribution in [0.1, 0.15) is 40.4 Å². The fraction of sp³-hybridized carbons (Fsp3) is 0.625. The number of nitrogens with zero attached hydrogens (tertiary/aromatic N) is 3. The second kappa shape index (κ2) is 10.0. The number of piperazine rings is 1. The average Bonchev–Trinajstić information content (AvgIpc) is 3.26. The third-order valence-corrected chi connectivity index (χ3v) is 6.18. The molecule has 194 valence electrons. The van der Waals surface area contributed by atoms with E-state index in [-0.39, 0.29) is 13.1 Å². The Bertz CT molecular complexity index is 1010. The van der Waals surface area contributed by atoms with Crippen molar-refractivity contribution < 1.29 is 31.9 Å². The predicted octanol–water partition coefficient (Wildman–Crippen LogP) is 3.75. The van der Waals surface area contributed by atoms with Gasteiger partial charge in [-0.15, -0.1) is 0 Å². The molecule has 35 heavy (non-hydrogen) atoms. The smallest absolute Gasteiger partial charge is 0.411 e. The maximum atomic E-state index is 13.5. The van der Waals surface area contributed by atoms with Crippen LogP contribution < -0.4 is 5.32 Å². The number of amides is 2. The summed E-state index contributed by atoms with van der Waals surface area (Å²) < 4.78 is 51.9. The van der Waals surface area contributed by atoms with Gasteiger partial charge in [-0.3, -0.25) is 19.6 Å². The molecule has 1 aliphatic heterocycles. The van der Waals surface area contributed by atoms with Crippen molar-refractivity contribution in [1.29, 1.82) is 0 Å². The summed E-state index contributed by atoms with van der Waals surface area (Å²) in [6, 6.07) is 2.43. The quantitative estimate of drug-likeness (QED) is 0.626. The summed E-state index contributed by atoms with van der Waals surface area (Å²) in [7, 11) is 0. The molecule has 0 saturated carbocycles. The van der Waals surface area contributed by atoms with E-state index in [1.807, 2.05) is 24.8 Å². The van der Waals surface area contributed by atoms with Gasteiger partial charge in [-0.25, -0.2) is 18.0 Å². The van der Waals surface area contributed by atoms with Crippen molar-refractivity contribution in [3.63, 3.8) is 0 Å². The van der Waals surface area contributed by atoms with E-state index < -0.39 is 54.7 Å². The second-order valence-corrected chi connectivity index (χ2v) is 10.4. The Labute approximate surface area is 202 Å². The van der Waals surface area contributed by atoms with Crippen LogP contribution in [0.4, 0.5) is 18.0 Å². The highest BCUT2D eigenvalue weighted by atomic mass is 19.1. The number of carbonyl (C=O) groups is 2. The highest BCUT2D eigenvalue weighted by Gasteiger charge is 2.45. The van der Waals surface area contributed by atoms with Gasteiger partial charge in [0.1, 0.15) is 48.5 Å². The van der Waals surface area contributed by atoms with Gasteiger partial charge in [0.25, 0.3) is 0 Å². The molecule has 0 aliphatic carbocycles. The van der Waals surface area contributed by atoms with Crippen molar-refractivity contribution >= 4 is 23.0 Å². The van der Waals surface area contributed by atoms with Crippen molar-refractivity contribution in [2.45, 2.75) is 57.3 Å². The van der Waals surface area contributed by atoms with Crippen LogP contribution in [-0.2, 0) is 15.1 Å². The van der Waals surface area contributed by atoms with Crippen LogP contribution in [0.2, 0.25) is 0 Å². The Morgan fingerprint density at radius 1 is 1.14 bits per heavy atom. The molecule has 2 aromatic rings. The lowest BCUT2D eigenvalue weighted by molar-refractivity contribution is -0.133. The van der Waals surface area contributed by atoms with Gasteiger partial charge < -0.3 is 14.5 Å². The topological polar surface area (TPSA) is 87.9 Å². The molecule has 0 spiro atoms. The van der Waals surface area contributed by atoms with E-state index in [0.717, 1.165) is 5.39 Å². The molecule has 2 amide bonds. The van der Waals surface area contributed by atoms with Gasteiger partial charge >= 0.3 is 6.09 Å². The lowest BCUT2D eigenvalue weighted by Gasteiger charge is -2.46. The summed E-state index contributed by atoms with van der Waals surface area (Å²) in [4.78, 5) is 33.4. The Morgan fingerprint density at radius 2 is 1.80 bits per heavy atom. The van der Waals surface area contributed by atoms with Crippen LogP contribution in [0, 0.1) is 0 Å². The normalized spacial score (nSPS) is 18.1. The number of nitrogens with one attached hydrogen (secondary N) is 1. The van der Waals surface area contributed by atoms with Gasteiger partial charge in [-0.2, -0.15) is 0 Å². The Kier molecular flexibility index (Phi) is 7.68. The molecular weight excluding hydrogens is 465 g/mol. The fourth-order valence-corrected chi connectivity index (χ4v) is 3.95. The van der Waals surface area contributed by atoms with E-state index in [9.17, 15) is 22.8 Å². The van der Waals surface area contributed by atoms with Gasteiger partial charge in [0, 0.05) is 37.4 Å². The molecule has 0 aromatic carbocycles. The third kappa shape index (κ3) is 5.71. The molecule has 0 radical (unpaired) electrons. The summed E-state index contributed by atoms with van der Waals surface area (Å²) in [6.45, 7) is 5.10. The number of fused-ring (bicyclic) bond motifs is 1. The molecule has 1 fully saturated rings. The van der Waals surface area contributed by atoms with E-state index in [2.05, 4.69) is 10.3 Å². The first-order chi connectivity index (χ1) is 16.4. The molecule has 0 bridgehead atoms. The van der Waals surface area contributed by atoms with Gasteiger partial charge in [0.2, 0.25) is 5.91 Å². The van der Waals surface area contributed by atoms with Crippen molar-refractivity contribution in [3.8, 4) is 0 Å². The summed E-state index contributed by atoms with van der Waals surface area (Å²) in [5, 5.41) is 2.97. The predicted molar refractivity (Wildman–Crippen MR) is 124 cm³/mol. The third-order valence-electron chi connectivity index (χ3n) is 6.18. The Balaban J connectivity index is 1.91. The van der Waals surface area contributed by atoms with E-state index in [1.165, 1.54) is 4.90 Å². The van der Waals surface area contributed by atoms with Crippen LogP contribution in [0.15, 0.2) is 28.9 Å². The number of carbonyl (C=O) groups excluding carboxylic acids is 2. The van der Waals surface area contributed by atoms with Gasteiger partial charge in [0.15, 0.2) is 0 Å². The summed E-state index contributed by atoms with van der Waals surface area (Å²) in [6.07, 6.45) is 2.56. The minimum absolute atomic E-state index is 0.00824. The monoisotopic (exact) mass is 498 g/mol. The molecule has 0 unspecified atom stereocenters. The number of rotatable bonds is 7. The zero-order valence-electron chi connectivity index (χ0n) is 20.7. The molecule has 1 aliphatic rings. The van der Waals surface area contributed by atoms with Crippen LogP contribution in [0.25, 0.3) is 11.0 Å². The second-order valence-electron chi connectivity index (χ2n) is 10.4. The standard InChI is InChI=1S/C24H33F3N4O4/c1-22(2,3)35-21(33)31-9-8-30(12-17(31)20(32)29-24(13-25,14-26)15-27)23(4,5)19-10-16-11-28-7-6-18(16)34-19/h6-7,10-11,17H,8-9,12-15H2,1-5H3,(H,29,32)/t17-/m0/s1. The maximum Gasteiger partial charge on any atom is 0.411 e. The minimum atomic E-state index is -2.29. The van der Waals surface area contributed by atoms with Crippen LogP contribution in [0.3, 0.4) is 0 Å². The van der Waals surface area contributed by atoms with E-state index in [4.69, 9.17) is 9.15 Å². The lowest BCUT2D eigenvalue weighted by Crippen LogP contribution is -2.66. The fourth-order valence-electron chi connectivity index (χ4n) is 3.95. The number of halogens is 3. The number of alkyl halides is 3. The molecule has 1 saturated heterocycles. The van der Waals surface area contributed by atoms with Crippen LogP contribution in [0.5, 0.6) is 0 Å². The van der Waals surface area contributed by atoms with E-state index in [1.54, 1.807) is 39.2 Å². The molecule has 3 heterocycles. The highest BCUT2D eigenvalue weighted by molar-refractivity contribution is 5.87.